The molecule has 7 heteroatoms. The quantitative estimate of drug-likeness (QED) is 0.627. The summed E-state index contributed by atoms with van der Waals surface area (Å²) < 4.78 is 33.0. The van der Waals surface area contributed by atoms with E-state index in [0.29, 0.717) is 5.69 Å². The average Bonchev–Trinajstić information content (AvgIpc) is 3.40. The fraction of sp³-hybridized carbons (Fsp3) is 0.400. The lowest BCUT2D eigenvalue weighted by atomic mass is 10.1. The molecule has 0 spiro atoms. The van der Waals surface area contributed by atoms with Crippen molar-refractivity contribution in [3.05, 3.63) is 65.9 Å². The number of piperidine rings is 1. The number of ether oxygens (including phenoxy) is 1. The maximum absolute atomic E-state index is 13.4. The van der Waals surface area contributed by atoms with Crippen LogP contribution in [0.25, 0.3) is 10.9 Å². The summed E-state index contributed by atoms with van der Waals surface area (Å²) in [5.74, 6) is -2.12. The van der Waals surface area contributed by atoms with Crippen molar-refractivity contribution in [2.45, 2.75) is 37.8 Å². The summed E-state index contributed by atoms with van der Waals surface area (Å²) in [4.78, 5) is 19.8. The molecule has 2 saturated heterocycles. The maximum atomic E-state index is 13.4. The molecular formula is C25H27F2N3O2. The Labute approximate surface area is 186 Å². The van der Waals surface area contributed by atoms with Gasteiger partial charge in [-0.2, -0.15) is 0 Å². The van der Waals surface area contributed by atoms with Gasteiger partial charge in [0.1, 0.15) is 17.5 Å². The molecule has 5 rings (SSSR count). The second kappa shape index (κ2) is 8.54. The van der Waals surface area contributed by atoms with E-state index in [1.807, 2.05) is 24.3 Å². The lowest BCUT2D eigenvalue weighted by Gasteiger charge is -2.31. The Morgan fingerprint density at radius 3 is 2.62 bits per heavy atom. The van der Waals surface area contributed by atoms with E-state index in [-0.39, 0.29) is 37.9 Å². The number of likely N-dealkylation sites (tertiary alicyclic amines) is 2. The van der Waals surface area contributed by atoms with E-state index in [1.165, 1.54) is 10.5 Å². The molecule has 3 heterocycles. The van der Waals surface area contributed by atoms with Gasteiger partial charge in [-0.15, -0.1) is 0 Å². The van der Waals surface area contributed by atoms with Crippen molar-refractivity contribution < 1.29 is 18.3 Å². The number of nitrogens with zero attached hydrogens (tertiary/aromatic N) is 2. The molecule has 0 saturated carbocycles. The van der Waals surface area contributed by atoms with Gasteiger partial charge in [-0.3, -0.25) is 9.69 Å². The molecular weight excluding hydrogens is 412 g/mol. The van der Waals surface area contributed by atoms with Gasteiger partial charge < -0.3 is 14.6 Å². The predicted octanol–water partition coefficient (Wildman–Crippen LogP) is 4.69. The number of halogens is 2. The molecule has 2 aliphatic heterocycles. The number of carbonyl (C=O) groups is 1. The van der Waals surface area contributed by atoms with Crippen LogP contribution in [0.1, 0.15) is 35.3 Å². The first-order valence-corrected chi connectivity index (χ1v) is 11.2. The number of nitrogens with one attached hydrogen (secondary N) is 1. The van der Waals surface area contributed by atoms with Crippen LogP contribution in [-0.4, -0.2) is 58.9 Å². The minimum atomic E-state index is -2.67. The Kier molecular flexibility index (Phi) is 5.59. The molecule has 0 aliphatic carbocycles. The molecule has 1 N–H and O–H groups in total. The first-order valence-electron chi connectivity index (χ1n) is 11.2. The predicted molar refractivity (Wildman–Crippen MR) is 119 cm³/mol. The first kappa shape index (κ1) is 20.9. The van der Waals surface area contributed by atoms with Gasteiger partial charge in [-0.1, -0.05) is 30.3 Å². The lowest BCUT2D eigenvalue weighted by Crippen LogP contribution is -2.42. The van der Waals surface area contributed by atoms with E-state index in [2.05, 4.69) is 34.1 Å². The zero-order valence-electron chi connectivity index (χ0n) is 17.9. The standard InChI is InChI=1S/C25H27F2N3O2/c26-25(27)9-12-30(13-10-25)24(31)23-15-19-14-20(6-7-22(19)28-23)32-21-8-11-29(17-21)16-18-4-2-1-3-5-18/h1-7,14-15,21,28H,8-13,16-17H2. The van der Waals surface area contributed by atoms with Gasteiger partial charge in [-0.05, 0) is 36.2 Å². The van der Waals surface area contributed by atoms with E-state index in [9.17, 15) is 13.6 Å². The number of alkyl halides is 2. The van der Waals surface area contributed by atoms with Crippen molar-refractivity contribution in [3.63, 3.8) is 0 Å². The highest BCUT2D eigenvalue weighted by Gasteiger charge is 2.36. The molecule has 0 radical (unpaired) electrons. The van der Waals surface area contributed by atoms with Crippen LogP contribution >= 0.6 is 0 Å². The molecule has 168 valence electrons. The van der Waals surface area contributed by atoms with Crippen molar-refractivity contribution in [2.24, 2.45) is 0 Å². The van der Waals surface area contributed by atoms with E-state index in [1.54, 1.807) is 6.07 Å². The SMILES string of the molecule is O=C(c1cc2cc(OC3CCN(Cc4ccccc4)C3)ccc2[nH]1)N1CCC(F)(F)CC1. The third-order valence-corrected chi connectivity index (χ3v) is 6.39. The summed E-state index contributed by atoms with van der Waals surface area (Å²) >= 11 is 0. The number of hydrogen-bond donors (Lipinski definition) is 1. The monoisotopic (exact) mass is 439 g/mol. The molecule has 1 atom stereocenters. The van der Waals surface area contributed by atoms with Crippen molar-refractivity contribution in [1.29, 1.82) is 0 Å². The number of aromatic amines is 1. The largest absolute Gasteiger partial charge is 0.489 e. The van der Waals surface area contributed by atoms with Crippen LogP contribution in [0.15, 0.2) is 54.6 Å². The van der Waals surface area contributed by atoms with E-state index in [0.717, 1.165) is 42.7 Å². The lowest BCUT2D eigenvalue weighted by molar-refractivity contribution is -0.0495. The molecule has 5 nitrogen and oxygen atoms in total. The molecule has 2 aromatic carbocycles. The van der Waals surface area contributed by atoms with Crippen LogP contribution in [-0.2, 0) is 6.54 Å². The molecule has 2 aliphatic rings. The second-order valence-corrected chi connectivity index (χ2v) is 8.83. The fourth-order valence-corrected chi connectivity index (χ4v) is 4.58. The van der Waals surface area contributed by atoms with Crippen molar-refractivity contribution in [2.75, 3.05) is 26.2 Å². The van der Waals surface area contributed by atoms with Gasteiger partial charge in [0.15, 0.2) is 0 Å². The summed E-state index contributed by atoms with van der Waals surface area (Å²) in [5.41, 5.74) is 2.56. The third-order valence-electron chi connectivity index (χ3n) is 6.39. The Bertz CT molecular complexity index is 1090. The topological polar surface area (TPSA) is 48.6 Å². The maximum Gasteiger partial charge on any atom is 0.270 e. The number of hydrogen-bond acceptors (Lipinski definition) is 3. The number of carbonyl (C=O) groups excluding carboxylic acids is 1. The van der Waals surface area contributed by atoms with Gasteiger partial charge in [-0.25, -0.2) is 8.78 Å². The van der Waals surface area contributed by atoms with E-state index < -0.39 is 5.92 Å². The van der Waals surface area contributed by atoms with E-state index >= 15 is 0 Å². The third kappa shape index (κ3) is 4.63. The highest BCUT2D eigenvalue weighted by molar-refractivity contribution is 5.98. The van der Waals surface area contributed by atoms with Crippen LogP contribution in [0.5, 0.6) is 5.75 Å². The Morgan fingerprint density at radius 1 is 1.06 bits per heavy atom. The molecule has 1 aromatic heterocycles. The van der Waals surface area contributed by atoms with Crippen molar-refractivity contribution in [1.82, 2.24) is 14.8 Å². The second-order valence-electron chi connectivity index (χ2n) is 8.83. The highest BCUT2D eigenvalue weighted by Crippen LogP contribution is 2.29. The number of rotatable bonds is 5. The molecule has 2 fully saturated rings. The molecule has 3 aromatic rings. The van der Waals surface area contributed by atoms with Crippen LogP contribution in [0.2, 0.25) is 0 Å². The van der Waals surface area contributed by atoms with Crippen LogP contribution < -0.4 is 4.74 Å². The minimum absolute atomic E-state index is 0.0801. The van der Waals surface area contributed by atoms with Gasteiger partial charge >= 0.3 is 0 Å². The number of benzene rings is 2. The van der Waals surface area contributed by atoms with Gasteiger partial charge in [0.05, 0.1) is 0 Å². The Hall–Kier alpha value is -2.93. The van der Waals surface area contributed by atoms with Crippen LogP contribution in [0, 0.1) is 0 Å². The van der Waals surface area contributed by atoms with Crippen LogP contribution in [0.3, 0.4) is 0 Å². The number of amides is 1. The Balaban J connectivity index is 1.21. The van der Waals surface area contributed by atoms with Crippen LogP contribution in [0.4, 0.5) is 8.78 Å². The highest BCUT2D eigenvalue weighted by atomic mass is 19.3. The summed E-state index contributed by atoms with van der Waals surface area (Å²) in [6.07, 6.45) is 0.548. The number of aromatic nitrogens is 1. The summed E-state index contributed by atoms with van der Waals surface area (Å²) in [7, 11) is 0. The molecule has 1 amide bonds. The fourth-order valence-electron chi connectivity index (χ4n) is 4.58. The van der Waals surface area contributed by atoms with Gasteiger partial charge in [0.25, 0.3) is 11.8 Å². The van der Waals surface area contributed by atoms with Gasteiger partial charge in [0.2, 0.25) is 0 Å². The summed E-state index contributed by atoms with van der Waals surface area (Å²) in [6, 6.07) is 18.0. The minimum Gasteiger partial charge on any atom is -0.489 e. The average molecular weight is 440 g/mol. The first-order chi connectivity index (χ1) is 15.4. The smallest absolute Gasteiger partial charge is 0.270 e. The molecule has 32 heavy (non-hydrogen) atoms. The van der Waals surface area contributed by atoms with E-state index in [4.69, 9.17) is 4.74 Å². The summed E-state index contributed by atoms with van der Waals surface area (Å²) in [6.45, 7) is 2.96. The molecule has 1 unspecified atom stereocenters. The summed E-state index contributed by atoms with van der Waals surface area (Å²) in [5, 5.41) is 0.882. The van der Waals surface area contributed by atoms with Crippen molar-refractivity contribution >= 4 is 16.8 Å². The number of fused-ring (bicyclic) bond motifs is 1. The van der Waals surface area contributed by atoms with Gasteiger partial charge in [0, 0.05) is 56.5 Å². The normalized spacial score (nSPS) is 21.2. The Morgan fingerprint density at radius 2 is 1.84 bits per heavy atom. The molecule has 0 bridgehead atoms. The zero-order chi connectivity index (χ0) is 22.1. The zero-order valence-corrected chi connectivity index (χ0v) is 17.9. The number of H-pyrrole nitrogens is 1. The van der Waals surface area contributed by atoms with Crippen molar-refractivity contribution in [3.8, 4) is 5.75 Å².